The number of amides is 2. The largest absolute Gasteiger partial charge is 0.353 e. The first kappa shape index (κ1) is 15.8. The average molecular weight is 309 g/mol. The molecule has 1 fully saturated rings. The molecule has 2 unspecified atom stereocenters. The van der Waals surface area contributed by atoms with Gasteiger partial charge in [0.1, 0.15) is 0 Å². The SMILES string of the molecule is CCC(C)NC(=O)C1CC(=O)N(c2ccc(C)c(Cl)c2)C1. The standard InChI is InChI=1S/C16H21ClN2O2/c1-4-11(3)18-16(21)12-7-15(20)19(9-12)13-6-5-10(2)14(17)8-13/h5-6,8,11-12H,4,7,9H2,1-3H3,(H,18,21). The van der Waals surface area contributed by atoms with E-state index in [0.717, 1.165) is 17.7 Å². The van der Waals surface area contributed by atoms with E-state index in [1.54, 1.807) is 11.0 Å². The van der Waals surface area contributed by atoms with Crippen LogP contribution in [0.25, 0.3) is 0 Å². The molecule has 1 heterocycles. The van der Waals surface area contributed by atoms with Crippen LogP contribution in [0.15, 0.2) is 18.2 Å². The highest BCUT2D eigenvalue weighted by Crippen LogP contribution is 2.28. The Bertz CT molecular complexity index is 559. The van der Waals surface area contributed by atoms with Crippen molar-refractivity contribution in [3.05, 3.63) is 28.8 Å². The Balaban J connectivity index is 2.09. The van der Waals surface area contributed by atoms with Crippen LogP contribution in [-0.4, -0.2) is 24.4 Å². The Hall–Kier alpha value is -1.55. The highest BCUT2D eigenvalue weighted by molar-refractivity contribution is 6.31. The Labute approximate surface area is 130 Å². The number of anilines is 1. The van der Waals surface area contributed by atoms with Crippen LogP contribution in [0.5, 0.6) is 0 Å². The minimum Gasteiger partial charge on any atom is -0.353 e. The molecule has 1 aliphatic heterocycles. The van der Waals surface area contributed by atoms with E-state index >= 15 is 0 Å². The van der Waals surface area contributed by atoms with Crippen molar-refractivity contribution in [3.8, 4) is 0 Å². The van der Waals surface area contributed by atoms with E-state index in [0.29, 0.717) is 11.6 Å². The summed E-state index contributed by atoms with van der Waals surface area (Å²) in [5.41, 5.74) is 1.73. The molecule has 0 saturated carbocycles. The number of nitrogens with zero attached hydrogens (tertiary/aromatic N) is 1. The number of nitrogens with one attached hydrogen (secondary N) is 1. The maximum absolute atomic E-state index is 12.1. The molecule has 5 heteroatoms. The lowest BCUT2D eigenvalue weighted by Gasteiger charge is -2.18. The maximum Gasteiger partial charge on any atom is 0.227 e. The van der Waals surface area contributed by atoms with Crippen LogP contribution >= 0.6 is 11.6 Å². The fourth-order valence-corrected chi connectivity index (χ4v) is 2.52. The van der Waals surface area contributed by atoms with Gasteiger partial charge in [0.15, 0.2) is 0 Å². The van der Waals surface area contributed by atoms with Crippen LogP contribution in [0.1, 0.15) is 32.3 Å². The summed E-state index contributed by atoms with van der Waals surface area (Å²) in [5, 5.41) is 3.57. The van der Waals surface area contributed by atoms with Crippen molar-refractivity contribution in [2.75, 3.05) is 11.4 Å². The lowest BCUT2D eigenvalue weighted by atomic mass is 10.1. The van der Waals surface area contributed by atoms with Gasteiger partial charge in [0.05, 0.1) is 5.92 Å². The summed E-state index contributed by atoms with van der Waals surface area (Å²) in [6, 6.07) is 5.67. The van der Waals surface area contributed by atoms with Gasteiger partial charge in [-0.25, -0.2) is 0 Å². The van der Waals surface area contributed by atoms with Crippen LogP contribution in [0, 0.1) is 12.8 Å². The zero-order valence-corrected chi connectivity index (χ0v) is 13.4. The average Bonchev–Trinajstić information content (AvgIpc) is 2.84. The second-order valence-electron chi connectivity index (χ2n) is 5.66. The van der Waals surface area contributed by atoms with Crippen LogP contribution in [-0.2, 0) is 9.59 Å². The van der Waals surface area contributed by atoms with Gasteiger partial charge in [-0.2, -0.15) is 0 Å². The zero-order chi connectivity index (χ0) is 15.6. The molecule has 1 aliphatic rings. The Kier molecular flexibility index (Phi) is 4.88. The molecular weight excluding hydrogens is 288 g/mol. The molecule has 0 aromatic heterocycles. The topological polar surface area (TPSA) is 49.4 Å². The predicted octanol–water partition coefficient (Wildman–Crippen LogP) is 2.92. The summed E-state index contributed by atoms with van der Waals surface area (Å²) in [5.74, 6) is -0.357. The van der Waals surface area contributed by atoms with Crippen molar-refractivity contribution in [2.24, 2.45) is 5.92 Å². The van der Waals surface area contributed by atoms with E-state index in [9.17, 15) is 9.59 Å². The molecule has 2 atom stereocenters. The number of rotatable bonds is 4. The van der Waals surface area contributed by atoms with Gasteiger partial charge in [-0.3, -0.25) is 9.59 Å². The minimum atomic E-state index is -0.286. The third-order valence-electron chi connectivity index (χ3n) is 3.96. The number of hydrogen-bond acceptors (Lipinski definition) is 2. The summed E-state index contributed by atoms with van der Waals surface area (Å²) >= 11 is 6.11. The van der Waals surface area contributed by atoms with E-state index in [1.807, 2.05) is 32.9 Å². The van der Waals surface area contributed by atoms with Gasteiger partial charge in [-0.05, 0) is 38.0 Å². The lowest BCUT2D eigenvalue weighted by molar-refractivity contribution is -0.126. The Morgan fingerprint density at radius 2 is 2.24 bits per heavy atom. The predicted molar refractivity (Wildman–Crippen MR) is 84.5 cm³/mol. The molecule has 0 bridgehead atoms. The van der Waals surface area contributed by atoms with Crippen molar-refractivity contribution in [2.45, 2.75) is 39.7 Å². The number of carbonyl (C=O) groups excluding carboxylic acids is 2. The molecule has 2 rings (SSSR count). The monoisotopic (exact) mass is 308 g/mol. The first-order chi connectivity index (χ1) is 9.92. The third kappa shape index (κ3) is 3.56. The van der Waals surface area contributed by atoms with Gasteiger partial charge in [0, 0.05) is 29.7 Å². The molecule has 4 nitrogen and oxygen atoms in total. The molecule has 1 aromatic rings. The van der Waals surface area contributed by atoms with Gasteiger partial charge in [-0.15, -0.1) is 0 Å². The number of hydrogen-bond donors (Lipinski definition) is 1. The highest BCUT2D eigenvalue weighted by atomic mass is 35.5. The van der Waals surface area contributed by atoms with Gasteiger partial charge >= 0.3 is 0 Å². The lowest BCUT2D eigenvalue weighted by Crippen LogP contribution is -2.38. The van der Waals surface area contributed by atoms with Gasteiger partial charge in [0.25, 0.3) is 0 Å². The molecule has 0 radical (unpaired) electrons. The molecule has 0 spiro atoms. The minimum absolute atomic E-state index is 0.0285. The molecule has 114 valence electrons. The second kappa shape index (κ2) is 6.48. The fourth-order valence-electron chi connectivity index (χ4n) is 2.35. The smallest absolute Gasteiger partial charge is 0.227 e. The van der Waals surface area contributed by atoms with E-state index in [2.05, 4.69) is 5.32 Å². The fraction of sp³-hybridized carbons (Fsp3) is 0.500. The van der Waals surface area contributed by atoms with Crippen molar-refractivity contribution in [1.82, 2.24) is 5.32 Å². The number of aryl methyl sites for hydroxylation is 1. The molecule has 1 N–H and O–H groups in total. The number of benzene rings is 1. The molecule has 0 aliphatic carbocycles. The molecule has 21 heavy (non-hydrogen) atoms. The van der Waals surface area contributed by atoms with E-state index < -0.39 is 0 Å². The summed E-state index contributed by atoms with van der Waals surface area (Å²) in [7, 11) is 0. The first-order valence-corrected chi connectivity index (χ1v) is 7.67. The number of halogens is 1. The van der Waals surface area contributed by atoms with E-state index in [1.165, 1.54) is 0 Å². The van der Waals surface area contributed by atoms with Crippen molar-refractivity contribution in [3.63, 3.8) is 0 Å². The molecular formula is C16H21ClN2O2. The third-order valence-corrected chi connectivity index (χ3v) is 4.37. The van der Waals surface area contributed by atoms with Crippen LogP contribution < -0.4 is 10.2 Å². The normalized spacial score (nSPS) is 19.7. The second-order valence-corrected chi connectivity index (χ2v) is 6.06. The van der Waals surface area contributed by atoms with Crippen molar-refractivity contribution < 1.29 is 9.59 Å². The van der Waals surface area contributed by atoms with Gasteiger partial charge in [-0.1, -0.05) is 24.6 Å². The van der Waals surface area contributed by atoms with Crippen LogP contribution in [0.2, 0.25) is 5.02 Å². The summed E-state index contributed by atoms with van der Waals surface area (Å²) < 4.78 is 0. The van der Waals surface area contributed by atoms with E-state index in [-0.39, 0.29) is 30.2 Å². The van der Waals surface area contributed by atoms with Gasteiger partial charge < -0.3 is 10.2 Å². The van der Waals surface area contributed by atoms with E-state index in [4.69, 9.17) is 11.6 Å². The Morgan fingerprint density at radius 3 is 2.86 bits per heavy atom. The zero-order valence-electron chi connectivity index (χ0n) is 12.6. The quantitative estimate of drug-likeness (QED) is 0.929. The molecule has 1 saturated heterocycles. The summed E-state index contributed by atoms with van der Waals surface area (Å²) in [4.78, 5) is 25.9. The maximum atomic E-state index is 12.1. The molecule has 2 amide bonds. The molecule has 1 aromatic carbocycles. The van der Waals surface area contributed by atoms with Crippen LogP contribution in [0.4, 0.5) is 5.69 Å². The summed E-state index contributed by atoms with van der Waals surface area (Å²) in [6.45, 7) is 6.32. The van der Waals surface area contributed by atoms with Crippen molar-refractivity contribution in [1.29, 1.82) is 0 Å². The Morgan fingerprint density at radius 1 is 1.52 bits per heavy atom. The highest BCUT2D eigenvalue weighted by Gasteiger charge is 2.35. The van der Waals surface area contributed by atoms with Crippen molar-refractivity contribution >= 4 is 29.1 Å². The van der Waals surface area contributed by atoms with Gasteiger partial charge in [0.2, 0.25) is 11.8 Å². The summed E-state index contributed by atoms with van der Waals surface area (Å²) in [6.07, 6.45) is 1.14. The number of carbonyl (C=O) groups is 2. The first-order valence-electron chi connectivity index (χ1n) is 7.29. The van der Waals surface area contributed by atoms with Crippen LogP contribution in [0.3, 0.4) is 0 Å².